The molecule has 1 aromatic carbocycles. The average molecular weight is 544 g/mol. The van der Waals surface area contributed by atoms with E-state index in [0.717, 1.165) is 37.6 Å². The Kier molecular flexibility index (Phi) is 11.4. The Bertz CT molecular complexity index is 624. The molecule has 8 heteroatoms. The fourth-order valence-corrected chi connectivity index (χ4v) is 4.33. The third-order valence-electron chi connectivity index (χ3n) is 4.91. The normalized spacial score (nSPS) is 17.6. The fraction of sp³-hybridized carbons (Fsp3) is 0.650. The zero-order valence-electron chi connectivity index (χ0n) is 17.1. The molecule has 28 heavy (non-hydrogen) atoms. The molecule has 0 bridgehead atoms. The maximum atomic E-state index is 6.40. The van der Waals surface area contributed by atoms with Crippen molar-refractivity contribution in [2.45, 2.75) is 25.7 Å². The summed E-state index contributed by atoms with van der Waals surface area (Å²) in [6.07, 6.45) is 1.10. The molecule has 1 fully saturated rings. The molecule has 1 aliphatic heterocycles. The maximum Gasteiger partial charge on any atom is 0.193 e. The van der Waals surface area contributed by atoms with E-state index in [4.69, 9.17) is 32.7 Å². The van der Waals surface area contributed by atoms with Gasteiger partial charge in [0.05, 0.1) is 19.8 Å². The van der Waals surface area contributed by atoms with E-state index in [-0.39, 0.29) is 29.4 Å². The van der Waals surface area contributed by atoms with Gasteiger partial charge in [0.2, 0.25) is 0 Å². The van der Waals surface area contributed by atoms with E-state index >= 15 is 0 Å². The minimum Gasteiger partial charge on any atom is -0.382 e. The molecule has 160 valence electrons. The molecule has 1 N–H and O–H groups in total. The fourth-order valence-electron chi connectivity index (χ4n) is 3.42. The van der Waals surface area contributed by atoms with Crippen LogP contribution in [0.4, 0.5) is 0 Å². The van der Waals surface area contributed by atoms with E-state index in [2.05, 4.69) is 29.1 Å². The smallest absolute Gasteiger partial charge is 0.193 e. The van der Waals surface area contributed by atoms with E-state index in [1.807, 2.05) is 25.2 Å². The number of ether oxygens (including phenoxy) is 2. The summed E-state index contributed by atoms with van der Waals surface area (Å²) in [7, 11) is 3.51. The van der Waals surface area contributed by atoms with Gasteiger partial charge in [-0.15, -0.1) is 24.0 Å². The van der Waals surface area contributed by atoms with Crippen molar-refractivity contribution < 1.29 is 9.47 Å². The second-order valence-electron chi connectivity index (χ2n) is 7.55. The highest BCUT2D eigenvalue weighted by Crippen LogP contribution is 2.35. The van der Waals surface area contributed by atoms with Gasteiger partial charge in [0.25, 0.3) is 0 Å². The quantitative estimate of drug-likeness (QED) is 0.228. The number of nitrogens with one attached hydrogen (secondary N) is 1. The standard InChI is InChI=1S/C20H31Cl2N3O2.HI/c1-20(2,18-16(21)6-5-7-17(18)22)14-24-19(23-3)25-9-8-15(12-25)13-27-11-10-26-4;/h5-7,15H,8-14H2,1-4H3,(H,23,24);1H. The number of rotatable bonds is 8. The Hall–Kier alpha value is -0.280. The van der Waals surface area contributed by atoms with Crippen LogP contribution >= 0.6 is 47.2 Å². The van der Waals surface area contributed by atoms with Crippen molar-refractivity contribution in [2.75, 3.05) is 53.6 Å². The predicted octanol–water partition coefficient (Wildman–Crippen LogP) is 4.45. The number of benzene rings is 1. The number of guanidine groups is 1. The molecule has 0 aromatic heterocycles. The topological polar surface area (TPSA) is 46.1 Å². The molecule has 1 heterocycles. The second-order valence-corrected chi connectivity index (χ2v) is 8.36. The van der Waals surface area contributed by atoms with Gasteiger partial charge in [-0.3, -0.25) is 4.99 Å². The number of halogens is 3. The predicted molar refractivity (Wildman–Crippen MR) is 129 cm³/mol. The zero-order chi connectivity index (χ0) is 19.9. The van der Waals surface area contributed by atoms with Crippen LogP contribution in [-0.2, 0) is 14.9 Å². The zero-order valence-corrected chi connectivity index (χ0v) is 21.0. The second kappa shape index (κ2) is 12.4. The molecule has 2 rings (SSSR count). The summed E-state index contributed by atoms with van der Waals surface area (Å²) in [5, 5.41) is 4.89. The molecule has 0 spiro atoms. The molecule has 0 aliphatic carbocycles. The minimum atomic E-state index is -0.228. The van der Waals surface area contributed by atoms with Crippen LogP contribution in [0.15, 0.2) is 23.2 Å². The number of hydrogen-bond donors (Lipinski definition) is 1. The van der Waals surface area contributed by atoms with Crippen molar-refractivity contribution >= 4 is 53.1 Å². The van der Waals surface area contributed by atoms with E-state index in [0.29, 0.717) is 35.7 Å². The van der Waals surface area contributed by atoms with Crippen molar-refractivity contribution in [1.29, 1.82) is 0 Å². The molecule has 0 radical (unpaired) electrons. The molecule has 1 atom stereocenters. The highest BCUT2D eigenvalue weighted by molar-refractivity contribution is 14.0. The summed E-state index contributed by atoms with van der Waals surface area (Å²) < 4.78 is 10.7. The first kappa shape index (κ1) is 25.8. The molecule has 0 saturated carbocycles. The van der Waals surface area contributed by atoms with Gasteiger partial charge in [-0.1, -0.05) is 43.1 Å². The van der Waals surface area contributed by atoms with Gasteiger partial charge in [0, 0.05) is 55.2 Å². The lowest BCUT2D eigenvalue weighted by molar-refractivity contribution is 0.0536. The summed E-state index contributed by atoms with van der Waals surface area (Å²) in [5.74, 6) is 1.43. The van der Waals surface area contributed by atoms with Crippen LogP contribution in [0, 0.1) is 5.92 Å². The lowest BCUT2D eigenvalue weighted by Crippen LogP contribution is -2.45. The van der Waals surface area contributed by atoms with E-state index in [9.17, 15) is 0 Å². The maximum absolute atomic E-state index is 6.40. The van der Waals surface area contributed by atoms with Gasteiger partial charge < -0.3 is 19.7 Å². The number of nitrogens with zero attached hydrogens (tertiary/aromatic N) is 2. The monoisotopic (exact) mass is 543 g/mol. The van der Waals surface area contributed by atoms with Crippen LogP contribution in [0.25, 0.3) is 0 Å². The lowest BCUT2D eigenvalue weighted by atomic mass is 9.84. The van der Waals surface area contributed by atoms with Crippen molar-refractivity contribution in [1.82, 2.24) is 10.2 Å². The first-order valence-electron chi connectivity index (χ1n) is 9.35. The van der Waals surface area contributed by atoms with Gasteiger partial charge in [0.1, 0.15) is 0 Å². The van der Waals surface area contributed by atoms with Gasteiger partial charge in [-0.25, -0.2) is 0 Å². The van der Waals surface area contributed by atoms with Gasteiger partial charge in [-0.05, 0) is 24.1 Å². The van der Waals surface area contributed by atoms with Gasteiger partial charge in [0.15, 0.2) is 5.96 Å². The van der Waals surface area contributed by atoms with E-state index < -0.39 is 0 Å². The van der Waals surface area contributed by atoms with Crippen LogP contribution in [0.1, 0.15) is 25.8 Å². The van der Waals surface area contributed by atoms with Crippen molar-refractivity contribution in [3.63, 3.8) is 0 Å². The molecular weight excluding hydrogens is 512 g/mol. The molecule has 1 unspecified atom stereocenters. The van der Waals surface area contributed by atoms with E-state index in [1.165, 1.54) is 0 Å². The van der Waals surface area contributed by atoms with Gasteiger partial charge in [-0.2, -0.15) is 0 Å². The molecule has 1 aromatic rings. The molecule has 1 aliphatic rings. The Morgan fingerprint density at radius 3 is 2.57 bits per heavy atom. The van der Waals surface area contributed by atoms with Crippen molar-refractivity contribution in [3.8, 4) is 0 Å². The Morgan fingerprint density at radius 2 is 1.96 bits per heavy atom. The number of hydrogen-bond acceptors (Lipinski definition) is 3. The van der Waals surface area contributed by atoms with Crippen molar-refractivity contribution in [3.05, 3.63) is 33.8 Å². The van der Waals surface area contributed by atoms with Crippen LogP contribution in [-0.4, -0.2) is 64.5 Å². The van der Waals surface area contributed by atoms with Crippen molar-refractivity contribution in [2.24, 2.45) is 10.9 Å². The summed E-state index contributed by atoms with van der Waals surface area (Å²) in [5.41, 5.74) is 0.732. The third kappa shape index (κ3) is 7.20. The lowest BCUT2D eigenvalue weighted by Gasteiger charge is -2.30. The molecule has 5 nitrogen and oxygen atoms in total. The van der Waals surface area contributed by atoms with Crippen LogP contribution in [0.2, 0.25) is 10.0 Å². The summed E-state index contributed by atoms with van der Waals surface area (Å²) in [6.45, 7) is 8.93. The number of methoxy groups -OCH3 is 1. The van der Waals surface area contributed by atoms with E-state index in [1.54, 1.807) is 7.11 Å². The molecule has 0 amide bonds. The first-order chi connectivity index (χ1) is 12.9. The SMILES string of the molecule is CN=C(NCC(C)(C)c1c(Cl)cccc1Cl)N1CCC(COCCOC)C1.I. The largest absolute Gasteiger partial charge is 0.382 e. The van der Waals surface area contributed by atoms with Gasteiger partial charge >= 0.3 is 0 Å². The van der Waals surface area contributed by atoms with Crippen LogP contribution in [0.3, 0.4) is 0 Å². The average Bonchev–Trinajstić information content (AvgIpc) is 3.07. The first-order valence-corrected chi connectivity index (χ1v) is 10.1. The molecular formula is C20H32Cl2IN3O2. The van der Waals surface area contributed by atoms with Crippen LogP contribution < -0.4 is 5.32 Å². The highest BCUT2D eigenvalue weighted by Gasteiger charge is 2.29. The number of likely N-dealkylation sites (tertiary alicyclic amines) is 1. The third-order valence-corrected chi connectivity index (χ3v) is 5.54. The van der Waals surface area contributed by atoms with Crippen LogP contribution in [0.5, 0.6) is 0 Å². The Morgan fingerprint density at radius 1 is 1.29 bits per heavy atom. The summed E-state index contributed by atoms with van der Waals surface area (Å²) in [4.78, 5) is 6.75. The Balaban J connectivity index is 0.00000392. The number of aliphatic imine (C=N–C) groups is 1. The molecule has 1 saturated heterocycles. The Labute approximate surface area is 196 Å². The minimum absolute atomic E-state index is 0. The summed E-state index contributed by atoms with van der Waals surface area (Å²) >= 11 is 12.8. The highest BCUT2D eigenvalue weighted by atomic mass is 127. The summed E-state index contributed by atoms with van der Waals surface area (Å²) in [6, 6.07) is 5.64.